The maximum atomic E-state index is 11.9. The van der Waals surface area contributed by atoms with E-state index < -0.39 is 10.2 Å². The molecule has 0 bridgehead atoms. The molecule has 2 aromatic rings. The molecule has 0 saturated carbocycles. The molecule has 2 rings (SSSR count). The molecule has 104 valence electrons. The van der Waals surface area contributed by atoms with E-state index in [0.717, 1.165) is 0 Å². The summed E-state index contributed by atoms with van der Waals surface area (Å²) >= 11 is 0. The van der Waals surface area contributed by atoms with E-state index in [4.69, 9.17) is 5.14 Å². The molecule has 1 heterocycles. The van der Waals surface area contributed by atoms with Gasteiger partial charge in [-0.15, -0.1) is 0 Å². The number of amides is 1. The number of aromatic nitrogens is 1. The molecule has 1 aromatic heterocycles. The first-order chi connectivity index (χ1) is 9.44. The summed E-state index contributed by atoms with van der Waals surface area (Å²) in [4.78, 5) is 15.7. The van der Waals surface area contributed by atoms with Crippen LogP contribution in [0, 0.1) is 0 Å². The van der Waals surface area contributed by atoms with Crippen molar-refractivity contribution in [1.82, 2.24) is 4.98 Å². The highest BCUT2D eigenvalue weighted by molar-refractivity contribution is 7.90. The van der Waals surface area contributed by atoms with E-state index in [2.05, 4.69) is 15.0 Å². The van der Waals surface area contributed by atoms with Crippen molar-refractivity contribution in [2.75, 3.05) is 10.0 Å². The molecule has 0 fully saturated rings. The van der Waals surface area contributed by atoms with Crippen LogP contribution in [0.3, 0.4) is 0 Å². The highest BCUT2D eigenvalue weighted by atomic mass is 32.2. The van der Waals surface area contributed by atoms with Crippen LogP contribution >= 0.6 is 0 Å². The molecular weight excluding hydrogens is 280 g/mol. The second-order valence-corrected chi connectivity index (χ2v) is 5.22. The van der Waals surface area contributed by atoms with Gasteiger partial charge in [-0.25, -0.2) is 5.14 Å². The van der Waals surface area contributed by atoms with E-state index in [-0.39, 0.29) is 11.6 Å². The lowest BCUT2D eigenvalue weighted by atomic mass is 10.2. The number of hydrogen-bond donors (Lipinski definition) is 3. The minimum Gasteiger partial charge on any atom is -0.322 e. The van der Waals surface area contributed by atoms with Crippen LogP contribution in [0.5, 0.6) is 0 Å². The number of hydrogen-bond acceptors (Lipinski definition) is 4. The molecule has 8 heteroatoms. The summed E-state index contributed by atoms with van der Waals surface area (Å²) in [7, 11) is -3.85. The van der Waals surface area contributed by atoms with Crippen molar-refractivity contribution < 1.29 is 13.2 Å². The third-order valence-corrected chi connectivity index (χ3v) is 2.82. The van der Waals surface area contributed by atoms with Crippen LogP contribution in [0.1, 0.15) is 10.4 Å². The molecular formula is C12H12N4O3S. The first-order valence-electron chi connectivity index (χ1n) is 5.56. The Kier molecular flexibility index (Phi) is 3.97. The second kappa shape index (κ2) is 5.68. The molecule has 0 aliphatic heterocycles. The first-order valence-corrected chi connectivity index (χ1v) is 7.11. The fraction of sp³-hybridized carbons (Fsp3) is 0. The summed E-state index contributed by atoms with van der Waals surface area (Å²) in [5.41, 5.74) is 1.10. The van der Waals surface area contributed by atoms with Crippen molar-refractivity contribution in [2.24, 2.45) is 5.14 Å². The van der Waals surface area contributed by atoms with Crippen molar-refractivity contribution in [2.45, 2.75) is 0 Å². The summed E-state index contributed by atoms with van der Waals surface area (Å²) in [6.07, 6.45) is 3.00. The normalized spacial score (nSPS) is 10.8. The summed E-state index contributed by atoms with van der Waals surface area (Å²) in [5.74, 6) is -0.342. The highest BCUT2D eigenvalue weighted by Gasteiger charge is 2.07. The molecule has 0 spiro atoms. The van der Waals surface area contributed by atoms with Crippen molar-refractivity contribution in [3.05, 3.63) is 54.4 Å². The predicted octanol–water partition coefficient (Wildman–Crippen LogP) is 0.949. The molecule has 7 nitrogen and oxygen atoms in total. The van der Waals surface area contributed by atoms with Gasteiger partial charge >= 0.3 is 0 Å². The third kappa shape index (κ3) is 4.04. The fourth-order valence-corrected chi connectivity index (χ4v) is 1.98. The lowest BCUT2D eigenvalue weighted by Crippen LogP contribution is -2.21. The minimum atomic E-state index is -3.85. The van der Waals surface area contributed by atoms with Crippen LogP contribution in [-0.2, 0) is 10.2 Å². The van der Waals surface area contributed by atoms with Gasteiger partial charge in [0.15, 0.2) is 0 Å². The molecule has 20 heavy (non-hydrogen) atoms. The number of nitrogens with one attached hydrogen (secondary N) is 2. The van der Waals surface area contributed by atoms with Gasteiger partial charge in [-0.3, -0.25) is 14.5 Å². The van der Waals surface area contributed by atoms with Gasteiger partial charge in [0.05, 0.1) is 11.3 Å². The Morgan fingerprint density at radius 1 is 1.15 bits per heavy atom. The number of anilines is 2. The average molecular weight is 292 g/mol. The van der Waals surface area contributed by atoms with E-state index in [1.807, 2.05) is 0 Å². The summed E-state index contributed by atoms with van der Waals surface area (Å²) < 4.78 is 24.0. The van der Waals surface area contributed by atoms with Gasteiger partial charge in [-0.2, -0.15) is 8.42 Å². The van der Waals surface area contributed by atoms with Gasteiger partial charge < -0.3 is 5.32 Å². The maximum absolute atomic E-state index is 11.9. The fourth-order valence-electron chi connectivity index (χ4n) is 1.53. The van der Waals surface area contributed by atoms with E-state index in [1.54, 1.807) is 30.5 Å². The molecule has 1 aromatic carbocycles. The zero-order chi connectivity index (χ0) is 14.6. The molecule has 0 aliphatic carbocycles. The minimum absolute atomic E-state index is 0.261. The number of nitrogens with zero attached hydrogens (tertiary/aromatic N) is 1. The standard InChI is InChI=1S/C12H12N4O3S/c13-20(18,19)16-11-5-1-4-10(7-11)15-12(17)9-3-2-6-14-8-9/h1-8,16H,(H,15,17)(H2,13,18,19). The number of carbonyl (C=O) groups excluding carboxylic acids is 1. The molecule has 1 amide bonds. The second-order valence-electron chi connectivity index (χ2n) is 3.92. The Labute approximate surface area is 116 Å². The van der Waals surface area contributed by atoms with Crippen LogP contribution in [0.2, 0.25) is 0 Å². The van der Waals surface area contributed by atoms with Crippen molar-refractivity contribution in [1.29, 1.82) is 0 Å². The van der Waals surface area contributed by atoms with Crippen LogP contribution in [0.25, 0.3) is 0 Å². The van der Waals surface area contributed by atoms with Crippen molar-refractivity contribution in [3.8, 4) is 0 Å². The Balaban J connectivity index is 2.14. The van der Waals surface area contributed by atoms with E-state index in [1.165, 1.54) is 18.3 Å². The SMILES string of the molecule is NS(=O)(=O)Nc1cccc(NC(=O)c2cccnc2)c1. The molecule has 0 atom stereocenters. The summed E-state index contributed by atoms with van der Waals surface area (Å²) in [6.45, 7) is 0. The van der Waals surface area contributed by atoms with Gasteiger partial charge in [-0.1, -0.05) is 6.07 Å². The van der Waals surface area contributed by atoms with Crippen molar-refractivity contribution in [3.63, 3.8) is 0 Å². The summed E-state index contributed by atoms with van der Waals surface area (Å²) in [6, 6.07) is 9.46. The number of pyridine rings is 1. The number of benzene rings is 1. The van der Waals surface area contributed by atoms with Crippen LogP contribution in [-0.4, -0.2) is 19.3 Å². The number of carbonyl (C=O) groups is 1. The zero-order valence-electron chi connectivity index (χ0n) is 10.3. The Morgan fingerprint density at radius 3 is 2.55 bits per heavy atom. The highest BCUT2D eigenvalue weighted by Crippen LogP contribution is 2.16. The summed E-state index contributed by atoms with van der Waals surface area (Å²) in [5, 5.41) is 7.51. The van der Waals surface area contributed by atoms with E-state index >= 15 is 0 Å². The average Bonchev–Trinajstić information content (AvgIpc) is 2.38. The van der Waals surface area contributed by atoms with Gasteiger partial charge in [0.2, 0.25) is 0 Å². The lowest BCUT2D eigenvalue weighted by Gasteiger charge is -2.08. The molecule has 4 N–H and O–H groups in total. The zero-order valence-corrected chi connectivity index (χ0v) is 11.1. The van der Waals surface area contributed by atoms with Crippen LogP contribution < -0.4 is 15.2 Å². The smallest absolute Gasteiger partial charge is 0.296 e. The van der Waals surface area contributed by atoms with Crippen LogP contribution in [0.15, 0.2) is 48.8 Å². The third-order valence-electron chi connectivity index (χ3n) is 2.30. The first kappa shape index (κ1) is 14.0. The predicted molar refractivity (Wildman–Crippen MR) is 75.4 cm³/mol. The monoisotopic (exact) mass is 292 g/mol. The Bertz CT molecular complexity index is 716. The molecule has 0 saturated heterocycles. The lowest BCUT2D eigenvalue weighted by molar-refractivity contribution is 0.102. The van der Waals surface area contributed by atoms with Gasteiger partial charge in [0.25, 0.3) is 16.1 Å². The number of rotatable bonds is 4. The van der Waals surface area contributed by atoms with Crippen LogP contribution in [0.4, 0.5) is 11.4 Å². The molecule has 0 unspecified atom stereocenters. The van der Waals surface area contributed by atoms with Crippen molar-refractivity contribution >= 4 is 27.5 Å². The topological polar surface area (TPSA) is 114 Å². The Hall–Kier alpha value is -2.45. The quantitative estimate of drug-likeness (QED) is 0.778. The molecule has 0 aliphatic rings. The molecule has 0 radical (unpaired) electrons. The van der Waals surface area contributed by atoms with E-state index in [9.17, 15) is 13.2 Å². The maximum Gasteiger partial charge on any atom is 0.296 e. The van der Waals surface area contributed by atoms with Gasteiger partial charge in [0.1, 0.15) is 0 Å². The van der Waals surface area contributed by atoms with Gasteiger partial charge in [-0.05, 0) is 30.3 Å². The van der Waals surface area contributed by atoms with E-state index in [0.29, 0.717) is 11.3 Å². The Morgan fingerprint density at radius 2 is 1.90 bits per heavy atom. The number of nitrogens with two attached hydrogens (primary N) is 1. The van der Waals surface area contributed by atoms with Gasteiger partial charge in [0, 0.05) is 18.1 Å². The largest absolute Gasteiger partial charge is 0.322 e.